The number of hydrogen-bond donors (Lipinski definition) is 4. The molecular formula is C11H13ClN5O6P. The molecule has 2 heterocycles. The molecule has 0 aromatic carbocycles. The van der Waals surface area contributed by atoms with Crippen LogP contribution in [-0.2, 0) is 20.6 Å². The van der Waals surface area contributed by atoms with Gasteiger partial charge in [0, 0.05) is 6.54 Å². The summed E-state index contributed by atoms with van der Waals surface area (Å²) in [7, 11) is -4.89. The van der Waals surface area contributed by atoms with Crippen molar-refractivity contribution in [1.82, 2.24) is 19.5 Å². The zero-order valence-electron chi connectivity index (χ0n) is 12.0. The van der Waals surface area contributed by atoms with E-state index in [1.807, 2.05) is 0 Å². The molecule has 0 fully saturated rings. The number of hydrogen-bond acceptors (Lipinski definition) is 7. The number of anilines is 1. The Morgan fingerprint density at radius 2 is 2.17 bits per heavy atom. The summed E-state index contributed by atoms with van der Waals surface area (Å²) in [4.78, 5) is 40.3. The minimum atomic E-state index is -4.89. The van der Waals surface area contributed by atoms with E-state index in [-0.39, 0.29) is 24.3 Å². The average molecular weight is 378 g/mol. The number of aliphatic carboxylic acids is 1. The summed E-state index contributed by atoms with van der Waals surface area (Å²) < 4.78 is 17.2. The Labute approximate surface area is 139 Å². The third-order valence-corrected chi connectivity index (χ3v) is 4.02. The predicted octanol–water partition coefficient (Wildman–Crippen LogP) is 0.223. The largest absolute Gasteiger partial charge is 0.479 e. The molecule has 0 spiro atoms. The lowest BCUT2D eigenvalue weighted by Crippen LogP contribution is -2.23. The van der Waals surface area contributed by atoms with Crippen LogP contribution in [0, 0.1) is 0 Å². The molecule has 0 aliphatic carbocycles. The first-order chi connectivity index (χ1) is 11.2. The fraction of sp³-hybridized carbons (Fsp3) is 0.273. The topological polar surface area (TPSA) is 174 Å². The van der Waals surface area contributed by atoms with Gasteiger partial charge in [-0.1, -0.05) is 23.8 Å². The summed E-state index contributed by atoms with van der Waals surface area (Å²) in [5.74, 6) is -3.95. The molecule has 11 nitrogen and oxygen atoms in total. The Hall–Kier alpha value is -2.04. The lowest BCUT2D eigenvalue weighted by atomic mass is 10.5. The zero-order chi connectivity index (χ0) is 17.9. The van der Waals surface area contributed by atoms with E-state index in [0.29, 0.717) is 11.2 Å². The maximum atomic E-state index is 10.9. The van der Waals surface area contributed by atoms with E-state index in [9.17, 15) is 9.36 Å². The van der Waals surface area contributed by atoms with Crippen LogP contribution in [0.2, 0.25) is 5.15 Å². The highest BCUT2D eigenvalue weighted by Crippen LogP contribution is 2.41. The lowest BCUT2D eigenvalue weighted by Gasteiger charge is -2.13. The Bertz CT molecular complexity index is 834. The van der Waals surface area contributed by atoms with Crippen LogP contribution >= 0.6 is 19.2 Å². The van der Waals surface area contributed by atoms with Crippen molar-refractivity contribution in [2.75, 3.05) is 12.3 Å². The Morgan fingerprint density at radius 1 is 1.46 bits per heavy atom. The van der Waals surface area contributed by atoms with Gasteiger partial charge in [-0.2, -0.15) is 9.97 Å². The number of allylic oxidation sites excluding steroid dienone is 1. The minimum Gasteiger partial charge on any atom is -0.479 e. The average Bonchev–Trinajstić information content (AvgIpc) is 2.84. The molecule has 0 saturated heterocycles. The molecule has 0 saturated carbocycles. The van der Waals surface area contributed by atoms with E-state index in [1.165, 1.54) is 12.4 Å². The van der Waals surface area contributed by atoms with Gasteiger partial charge in [-0.15, -0.1) is 0 Å². The molecule has 1 atom stereocenters. The van der Waals surface area contributed by atoms with Crippen LogP contribution < -0.4 is 5.73 Å². The van der Waals surface area contributed by atoms with Gasteiger partial charge in [0.1, 0.15) is 5.52 Å². The second-order valence-electron chi connectivity index (χ2n) is 4.53. The van der Waals surface area contributed by atoms with Gasteiger partial charge >= 0.3 is 13.6 Å². The Morgan fingerprint density at radius 3 is 2.79 bits per heavy atom. The molecule has 5 N–H and O–H groups in total. The molecule has 130 valence electrons. The van der Waals surface area contributed by atoms with Gasteiger partial charge in [-0.05, 0) is 0 Å². The first kappa shape index (κ1) is 18.3. The number of carbonyl (C=O) groups is 1. The first-order valence-electron chi connectivity index (χ1n) is 6.38. The molecule has 24 heavy (non-hydrogen) atoms. The van der Waals surface area contributed by atoms with Crippen LogP contribution in [0.25, 0.3) is 11.2 Å². The van der Waals surface area contributed by atoms with Gasteiger partial charge in [-0.3, -0.25) is 4.57 Å². The summed E-state index contributed by atoms with van der Waals surface area (Å²) >= 11 is 5.89. The monoisotopic (exact) mass is 377 g/mol. The van der Waals surface area contributed by atoms with Crippen LogP contribution in [0.4, 0.5) is 5.95 Å². The van der Waals surface area contributed by atoms with Gasteiger partial charge < -0.3 is 29.9 Å². The molecule has 2 aromatic heterocycles. The molecule has 2 aromatic rings. The van der Waals surface area contributed by atoms with E-state index >= 15 is 0 Å². The fourth-order valence-electron chi connectivity index (χ4n) is 1.77. The van der Waals surface area contributed by atoms with Crippen molar-refractivity contribution in [1.29, 1.82) is 0 Å². The SMILES string of the molecule is Nc1nc(Cl)c2ncn(CC=CCOC(C(=O)O)P(=O)(O)O)c2n1. The lowest BCUT2D eigenvalue weighted by molar-refractivity contribution is -0.145. The third kappa shape index (κ3) is 4.28. The van der Waals surface area contributed by atoms with Crippen molar-refractivity contribution in [3.05, 3.63) is 23.6 Å². The number of halogens is 1. The Balaban J connectivity index is 2.00. The third-order valence-electron chi connectivity index (χ3n) is 2.77. The van der Waals surface area contributed by atoms with Crippen molar-refractivity contribution in [2.45, 2.75) is 12.4 Å². The minimum absolute atomic E-state index is 0.00694. The number of ether oxygens (including phenoxy) is 1. The summed E-state index contributed by atoms with van der Waals surface area (Å²) in [6.07, 6.45) is 4.45. The number of carboxylic acids is 1. The van der Waals surface area contributed by atoms with Gasteiger partial charge in [-0.25, -0.2) is 9.78 Å². The summed E-state index contributed by atoms with van der Waals surface area (Å²) in [5, 5.41) is 8.81. The number of fused-ring (bicyclic) bond motifs is 1. The van der Waals surface area contributed by atoms with Crippen molar-refractivity contribution >= 4 is 42.3 Å². The maximum Gasteiger partial charge on any atom is 0.365 e. The molecular weight excluding hydrogens is 365 g/mol. The van der Waals surface area contributed by atoms with Crippen molar-refractivity contribution in [3.8, 4) is 0 Å². The highest BCUT2D eigenvalue weighted by Gasteiger charge is 2.36. The molecule has 0 aliphatic rings. The van der Waals surface area contributed by atoms with E-state index < -0.39 is 19.4 Å². The van der Waals surface area contributed by atoms with Crippen molar-refractivity contribution in [2.24, 2.45) is 0 Å². The van der Waals surface area contributed by atoms with Crippen LogP contribution in [0.3, 0.4) is 0 Å². The van der Waals surface area contributed by atoms with Crippen molar-refractivity contribution in [3.63, 3.8) is 0 Å². The molecule has 0 aliphatic heterocycles. The van der Waals surface area contributed by atoms with Gasteiger partial charge in [0.2, 0.25) is 5.95 Å². The molecule has 1 unspecified atom stereocenters. The molecule has 0 amide bonds. The quantitative estimate of drug-likeness (QED) is 0.297. The number of nitrogen functional groups attached to an aromatic ring is 1. The zero-order valence-corrected chi connectivity index (χ0v) is 13.6. The van der Waals surface area contributed by atoms with Crippen LogP contribution in [0.15, 0.2) is 18.5 Å². The molecule has 2 rings (SSSR count). The Kier molecular flexibility index (Phi) is 5.52. The second-order valence-corrected chi connectivity index (χ2v) is 6.53. The first-order valence-corrected chi connectivity index (χ1v) is 8.44. The van der Waals surface area contributed by atoms with E-state index in [4.69, 9.17) is 32.2 Å². The predicted molar refractivity (Wildman–Crippen MR) is 83.3 cm³/mol. The number of rotatable bonds is 7. The number of aromatic nitrogens is 4. The fourth-order valence-corrected chi connectivity index (χ4v) is 2.56. The second kappa shape index (κ2) is 7.24. The van der Waals surface area contributed by atoms with Crippen LogP contribution in [0.1, 0.15) is 0 Å². The molecule has 13 heteroatoms. The van der Waals surface area contributed by atoms with E-state index in [1.54, 1.807) is 10.6 Å². The van der Waals surface area contributed by atoms with Crippen molar-refractivity contribution < 1.29 is 29.0 Å². The summed E-state index contributed by atoms with van der Waals surface area (Å²) in [5.41, 5.74) is 6.31. The number of carboxylic acid groups (broad SMARTS) is 1. The summed E-state index contributed by atoms with van der Waals surface area (Å²) in [6, 6.07) is 0. The number of nitrogens with two attached hydrogens (primary N) is 1. The molecule has 0 radical (unpaired) electrons. The number of imidazole rings is 1. The van der Waals surface area contributed by atoms with Gasteiger partial charge in [0.05, 0.1) is 12.9 Å². The van der Waals surface area contributed by atoms with Crippen LogP contribution in [0.5, 0.6) is 0 Å². The van der Waals surface area contributed by atoms with Gasteiger partial charge in [0.15, 0.2) is 10.8 Å². The van der Waals surface area contributed by atoms with E-state index in [0.717, 1.165) is 0 Å². The number of nitrogens with zero attached hydrogens (tertiary/aromatic N) is 4. The molecule has 0 bridgehead atoms. The maximum absolute atomic E-state index is 10.9. The van der Waals surface area contributed by atoms with E-state index in [2.05, 4.69) is 19.7 Å². The van der Waals surface area contributed by atoms with Gasteiger partial charge in [0.25, 0.3) is 5.85 Å². The highest BCUT2D eigenvalue weighted by atomic mass is 35.5. The standard InChI is InChI=1S/C11H13ClN5O6P/c12-7-6-8(16-11(13)15-7)17(5-14-6)3-1-2-4-23-10(9(18)19)24(20,21)22/h1-2,5,10H,3-4H2,(H,18,19)(H2,13,15,16)(H2,20,21,22). The highest BCUT2D eigenvalue weighted by molar-refractivity contribution is 7.53. The summed E-state index contributed by atoms with van der Waals surface area (Å²) in [6.45, 7) is -0.0210. The smallest absolute Gasteiger partial charge is 0.365 e. The van der Waals surface area contributed by atoms with Crippen LogP contribution in [-0.4, -0.2) is 52.8 Å². The normalized spacial score (nSPS) is 13.6.